The molecule has 0 aliphatic heterocycles. The van der Waals surface area contributed by atoms with Crippen molar-refractivity contribution in [2.24, 2.45) is 0 Å². The summed E-state index contributed by atoms with van der Waals surface area (Å²) in [7, 11) is 4.50. The van der Waals surface area contributed by atoms with Crippen molar-refractivity contribution in [1.82, 2.24) is 0 Å². The average molecular weight is 289 g/mol. The SMILES string of the molecule is CCOC(=O)C(Cl)c1cc(OC)c(OC)cc1OC. The van der Waals surface area contributed by atoms with Crippen molar-refractivity contribution >= 4 is 17.6 Å². The summed E-state index contributed by atoms with van der Waals surface area (Å²) < 4.78 is 20.4. The Labute approximate surface area is 117 Å². The Morgan fingerprint density at radius 2 is 1.63 bits per heavy atom. The van der Waals surface area contributed by atoms with Crippen LogP contribution < -0.4 is 14.2 Å². The first-order chi connectivity index (χ1) is 9.08. The van der Waals surface area contributed by atoms with Gasteiger partial charge in [0.1, 0.15) is 5.75 Å². The minimum absolute atomic E-state index is 0.262. The lowest BCUT2D eigenvalue weighted by Gasteiger charge is -2.16. The molecule has 1 atom stereocenters. The number of halogens is 1. The van der Waals surface area contributed by atoms with Crippen molar-refractivity contribution in [2.75, 3.05) is 27.9 Å². The van der Waals surface area contributed by atoms with Crippen molar-refractivity contribution in [3.63, 3.8) is 0 Å². The van der Waals surface area contributed by atoms with Gasteiger partial charge in [-0.3, -0.25) is 4.79 Å². The number of hydrogen-bond donors (Lipinski definition) is 0. The third-order valence-electron chi connectivity index (χ3n) is 2.50. The van der Waals surface area contributed by atoms with Crippen LogP contribution in [0, 0.1) is 0 Å². The molecule has 0 fully saturated rings. The predicted octanol–water partition coefficient (Wildman–Crippen LogP) is 2.56. The van der Waals surface area contributed by atoms with E-state index < -0.39 is 11.3 Å². The van der Waals surface area contributed by atoms with Crippen molar-refractivity contribution in [1.29, 1.82) is 0 Å². The monoisotopic (exact) mass is 288 g/mol. The molecule has 0 aliphatic rings. The highest BCUT2D eigenvalue weighted by molar-refractivity contribution is 6.30. The van der Waals surface area contributed by atoms with Gasteiger partial charge in [0.05, 0.1) is 27.9 Å². The van der Waals surface area contributed by atoms with Crippen LogP contribution >= 0.6 is 11.6 Å². The molecule has 1 rings (SSSR count). The fraction of sp³-hybridized carbons (Fsp3) is 0.462. The van der Waals surface area contributed by atoms with E-state index >= 15 is 0 Å². The Morgan fingerprint density at radius 1 is 1.11 bits per heavy atom. The number of alkyl halides is 1. The molecule has 0 saturated heterocycles. The first kappa shape index (κ1) is 15.4. The molecule has 0 bridgehead atoms. The van der Waals surface area contributed by atoms with Crippen LogP contribution in [0.25, 0.3) is 0 Å². The number of rotatable bonds is 6. The quantitative estimate of drug-likeness (QED) is 0.595. The van der Waals surface area contributed by atoms with Crippen molar-refractivity contribution in [3.05, 3.63) is 17.7 Å². The molecule has 0 spiro atoms. The van der Waals surface area contributed by atoms with Crippen LogP contribution in [-0.2, 0) is 9.53 Å². The first-order valence-corrected chi connectivity index (χ1v) is 6.13. The van der Waals surface area contributed by atoms with Crippen LogP contribution in [0.5, 0.6) is 17.2 Å². The van der Waals surface area contributed by atoms with Crippen LogP contribution in [0.1, 0.15) is 17.9 Å². The van der Waals surface area contributed by atoms with E-state index in [0.717, 1.165) is 0 Å². The van der Waals surface area contributed by atoms with E-state index in [1.54, 1.807) is 19.1 Å². The number of ether oxygens (including phenoxy) is 4. The summed E-state index contributed by atoms with van der Waals surface area (Å²) >= 11 is 6.09. The molecule has 0 aliphatic carbocycles. The summed E-state index contributed by atoms with van der Waals surface area (Å²) in [5.74, 6) is 0.865. The van der Waals surface area contributed by atoms with Crippen molar-refractivity contribution in [2.45, 2.75) is 12.3 Å². The molecule has 0 saturated carbocycles. The Balaban J connectivity index is 3.21. The van der Waals surface area contributed by atoms with Gasteiger partial charge in [0.2, 0.25) is 0 Å². The minimum Gasteiger partial charge on any atom is -0.496 e. The van der Waals surface area contributed by atoms with Crippen LogP contribution in [0.4, 0.5) is 0 Å². The lowest BCUT2D eigenvalue weighted by Crippen LogP contribution is -2.12. The maximum atomic E-state index is 11.7. The van der Waals surface area contributed by atoms with E-state index in [9.17, 15) is 4.79 Å². The standard InChI is InChI=1S/C13H17ClO5/c1-5-19-13(15)12(14)8-6-10(17-3)11(18-4)7-9(8)16-2/h6-7,12H,5H2,1-4H3. The molecule has 1 aromatic carbocycles. The summed E-state index contributed by atoms with van der Waals surface area (Å²) in [6, 6.07) is 3.22. The summed E-state index contributed by atoms with van der Waals surface area (Å²) in [6.07, 6.45) is 0. The molecular weight excluding hydrogens is 272 g/mol. The Kier molecular flexibility index (Phi) is 5.76. The van der Waals surface area contributed by atoms with Gasteiger partial charge < -0.3 is 18.9 Å². The third kappa shape index (κ3) is 3.44. The molecule has 0 N–H and O–H groups in total. The van der Waals surface area contributed by atoms with Gasteiger partial charge in [-0.25, -0.2) is 0 Å². The van der Waals surface area contributed by atoms with Gasteiger partial charge in [0, 0.05) is 11.6 Å². The van der Waals surface area contributed by atoms with Crippen molar-refractivity contribution < 1.29 is 23.7 Å². The number of carbonyl (C=O) groups excluding carboxylic acids is 1. The van der Waals surface area contributed by atoms with Crippen LogP contribution in [0.2, 0.25) is 0 Å². The summed E-state index contributed by atoms with van der Waals surface area (Å²) in [6.45, 7) is 1.98. The van der Waals surface area contributed by atoms with Gasteiger partial charge >= 0.3 is 5.97 Å². The Morgan fingerprint density at radius 3 is 2.11 bits per heavy atom. The maximum Gasteiger partial charge on any atom is 0.328 e. The second-order valence-corrected chi connectivity index (χ2v) is 4.00. The summed E-state index contributed by atoms with van der Waals surface area (Å²) in [4.78, 5) is 11.7. The summed E-state index contributed by atoms with van der Waals surface area (Å²) in [5.41, 5.74) is 0.472. The number of hydrogen-bond acceptors (Lipinski definition) is 5. The van der Waals surface area contributed by atoms with Crippen LogP contribution in [0.15, 0.2) is 12.1 Å². The highest BCUT2D eigenvalue weighted by atomic mass is 35.5. The van der Waals surface area contributed by atoms with E-state index in [2.05, 4.69) is 0 Å². The second-order valence-electron chi connectivity index (χ2n) is 3.56. The second kappa shape index (κ2) is 7.09. The maximum absolute atomic E-state index is 11.7. The summed E-state index contributed by atoms with van der Waals surface area (Å²) in [5, 5.41) is -0.963. The number of benzene rings is 1. The highest BCUT2D eigenvalue weighted by Crippen LogP contribution is 2.39. The Bertz CT molecular complexity index is 447. The molecule has 0 aromatic heterocycles. The van der Waals surface area contributed by atoms with E-state index in [4.69, 9.17) is 30.5 Å². The molecule has 5 nitrogen and oxygen atoms in total. The molecule has 6 heteroatoms. The molecule has 0 heterocycles. The largest absolute Gasteiger partial charge is 0.496 e. The fourth-order valence-electron chi connectivity index (χ4n) is 1.59. The molecular formula is C13H17ClO5. The van der Waals surface area contributed by atoms with Gasteiger partial charge in [0.25, 0.3) is 0 Å². The van der Waals surface area contributed by atoms with E-state index in [-0.39, 0.29) is 6.61 Å². The molecule has 106 valence electrons. The smallest absolute Gasteiger partial charge is 0.328 e. The fourth-order valence-corrected chi connectivity index (χ4v) is 1.83. The van der Waals surface area contributed by atoms with Crippen LogP contribution in [0.3, 0.4) is 0 Å². The number of carbonyl (C=O) groups is 1. The zero-order valence-corrected chi connectivity index (χ0v) is 12.1. The molecule has 0 radical (unpaired) electrons. The van der Waals surface area contributed by atoms with E-state index in [1.807, 2.05) is 0 Å². The van der Waals surface area contributed by atoms with Gasteiger partial charge in [-0.2, -0.15) is 0 Å². The van der Waals surface area contributed by atoms with Gasteiger partial charge in [-0.05, 0) is 13.0 Å². The highest BCUT2D eigenvalue weighted by Gasteiger charge is 2.25. The van der Waals surface area contributed by atoms with Gasteiger partial charge in [-0.15, -0.1) is 11.6 Å². The minimum atomic E-state index is -0.963. The van der Waals surface area contributed by atoms with Crippen LogP contribution in [-0.4, -0.2) is 33.9 Å². The third-order valence-corrected chi connectivity index (χ3v) is 2.92. The lowest BCUT2D eigenvalue weighted by molar-refractivity contribution is -0.142. The molecule has 1 unspecified atom stereocenters. The number of methoxy groups -OCH3 is 3. The van der Waals surface area contributed by atoms with Crippen molar-refractivity contribution in [3.8, 4) is 17.2 Å². The lowest BCUT2D eigenvalue weighted by atomic mass is 10.1. The van der Waals surface area contributed by atoms with E-state index in [1.165, 1.54) is 21.3 Å². The zero-order valence-electron chi connectivity index (χ0n) is 11.4. The average Bonchev–Trinajstić information content (AvgIpc) is 2.45. The Hall–Kier alpha value is -1.62. The van der Waals surface area contributed by atoms with Gasteiger partial charge in [-0.1, -0.05) is 0 Å². The normalized spacial score (nSPS) is 11.6. The van der Waals surface area contributed by atoms with Gasteiger partial charge in [0.15, 0.2) is 16.9 Å². The van der Waals surface area contributed by atoms with E-state index in [0.29, 0.717) is 22.8 Å². The molecule has 19 heavy (non-hydrogen) atoms. The molecule has 1 aromatic rings. The topological polar surface area (TPSA) is 54.0 Å². The zero-order chi connectivity index (χ0) is 14.4. The predicted molar refractivity (Wildman–Crippen MR) is 71.3 cm³/mol. The molecule has 0 amide bonds. The first-order valence-electron chi connectivity index (χ1n) is 5.69. The number of esters is 1.